The molecule has 0 aromatic carbocycles. The van der Waals surface area contributed by atoms with Gasteiger partial charge >= 0.3 is 6.09 Å². The molecular formula is C16H25N3O2. The lowest BCUT2D eigenvalue weighted by molar-refractivity contribution is 0.0519. The van der Waals surface area contributed by atoms with Crippen LogP contribution in [0.2, 0.25) is 0 Å². The molecule has 0 saturated carbocycles. The summed E-state index contributed by atoms with van der Waals surface area (Å²) in [5.41, 5.74) is 0.796. The van der Waals surface area contributed by atoms with Crippen LogP contribution < -0.4 is 5.32 Å². The van der Waals surface area contributed by atoms with Crippen LogP contribution >= 0.6 is 0 Å². The molecule has 5 nitrogen and oxygen atoms in total. The molecule has 2 rings (SSSR count). The van der Waals surface area contributed by atoms with Crippen LogP contribution in [0.5, 0.6) is 0 Å². The van der Waals surface area contributed by atoms with E-state index >= 15 is 0 Å². The minimum absolute atomic E-state index is 0.326. The first-order valence-corrected chi connectivity index (χ1v) is 7.50. The molecule has 1 aliphatic rings. The Morgan fingerprint density at radius 2 is 2.33 bits per heavy atom. The van der Waals surface area contributed by atoms with Gasteiger partial charge in [0.15, 0.2) is 0 Å². The van der Waals surface area contributed by atoms with Gasteiger partial charge in [-0.2, -0.15) is 0 Å². The van der Waals surface area contributed by atoms with Crippen molar-refractivity contribution in [1.82, 2.24) is 15.2 Å². The standard InChI is InChI=1S/C16H25N3O2/c1-16(2,3)21-15(20)18-10-14-6-8-19(12-14)11-13-5-4-7-17-9-13/h4-5,7,9,14H,6,8,10-12H2,1-3H3,(H,18,20). The molecule has 1 fully saturated rings. The summed E-state index contributed by atoms with van der Waals surface area (Å²) in [6.07, 6.45) is 4.48. The van der Waals surface area contributed by atoms with Crippen molar-refractivity contribution in [3.8, 4) is 0 Å². The predicted molar refractivity (Wildman–Crippen MR) is 81.9 cm³/mol. The Kier molecular flexibility index (Phi) is 5.17. The van der Waals surface area contributed by atoms with E-state index in [0.29, 0.717) is 12.5 Å². The van der Waals surface area contributed by atoms with Gasteiger partial charge in [0.05, 0.1) is 0 Å². The monoisotopic (exact) mass is 291 g/mol. The van der Waals surface area contributed by atoms with Gasteiger partial charge in [-0.3, -0.25) is 9.88 Å². The molecular weight excluding hydrogens is 266 g/mol. The summed E-state index contributed by atoms with van der Waals surface area (Å²) in [6, 6.07) is 4.06. The first-order chi connectivity index (χ1) is 9.92. The summed E-state index contributed by atoms with van der Waals surface area (Å²) in [4.78, 5) is 18.2. The van der Waals surface area contributed by atoms with E-state index in [1.165, 1.54) is 5.56 Å². The van der Waals surface area contributed by atoms with E-state index in [0.717, 1.165) is 26.1 Å². The molecule has 2 heterocycles. The van der Waals surface area contributed by atoms with E-state index in [9.17, 15) is 4.79 Å². The van der Waals surface area contributed by atoms with Crippen molar-refractivity contribution in [3.05, 3.63) is 30.1 Å². The van der Waals surface area contributed by atoms with Crippen molar-refractivity contribution >= 4 is 6.09 Å². The van der Waals surface area contributed by atoms with Crippen molar-refractivity contribution in [1.29, 1.82) is 0 Å². The lowest BCUT2D eigenvalue weighted by atomic mass is 10.1. The number of carbonyl (C=O) groups is 1. The van der Waals surface area contributed by atoms with Gasteiger partial charge in [0.1, 0.15) is 5.60 Å². The molecule has 1 N–H and O–H groups in total. The first-order valence-electron chi connectivity index (χ1n) is 7.50. The number of hydrogen-bond donors (Lipinski definition) is 1. The van der Waals surface area contributed by atoms with E-state index < -0.39 is 5.60 Å². The highest BCUT2D eigenvalue weighted by Crippen LogP contribution is 2.18. The summed E-state index contributed by atoms with van der Waals surface area (Å²) in [6.45, 7) is 9.29. The zero-order valence-electron chi connectivity index (χ0n) is 13.1. The molecule has 1 aliphatic heterocycles. The van der Waals surface area contributed by atoms with Crippen LogP contribution in [-0.2, 0) is 11.3 Å². The van der Waals surface area contributed by atoms with E-state index in [-0.39, 0.29) is 6.09 Å². The van der Waals surface area contributed by atoms with Crippen LogP contribution in [-0.4, -0.2) is 41.2 Å². The number of likely N-dealkylation sites (tertiary alicyclic amines) is 1. The molecule has 116 valence electrons. The summed E-state index contributed by atoms with van der Waals surface area (Å²) >= 11 is 0. The number of alkyl carbamates (subject to hydrolysis) is 1. The van der Waals surface area contributed by atoms with Gasteiger partial charge in [-0.15, -0.1) is 0 Å². The Balaban J connectivity index is 1.69. The number of hydrogen-bond acceptors (Lipinski definition) is 4. The summed E-state index contributed by atoms with van der Waals surface area (Å²) in [5, 5.41) is 2.87. The van der Waals surface area contributed by atoms with Crippen LogP contribution in [0, 0.1) is 5.92 Å². The number of pyridine rings is 1. The van der Waals surface area contributed by atoms with E-state index in [2.05, 4.69) is 21.3 Å². The number of ether oxygens (including phenoxy) is 1. The first kappa shape index (κ1) is 15.8. The molecule has 0 aliphatic carbocycles. The van der Waals surface area contributed by atoms with E-state index in [1.54, 1.807) is 6.20 Å². The van der Waals surface area contributed by atoms with E-state index in [1.807, 2.05) is 33.0 Å². The van der Waals surface area contributed by atoms with Gasteiger partial charge in [0.25, 0.3) is 0 Å². The van der Waals surface area contributed by atoms with Crippen molar-refractivity contribution < 1.29 is 9.53 Å². The normalized spacial score (nSPS) is 19.5. The summed E-state index contributed by atoms with van der Waals surface area (Å²) in [7, 11) is 0. The highest BCUT2D eigenvalue weighted by Gasteiger charge is 2.24. The average molecular weight is 291 g/mol. The van der Waals surface area contributed by atoms with Gasteiger partial charge in [-0.1, -0.05) is 6.07 Å². The molecule has 21 heavy (non-hydrogen) atoms. The Bertz CT molecular complexity index is 456. The van der Waals surface area contributed by atoms with Crippen LogP contribution in [0.25, 0.3) is 0 Å². The molecule has 1 saturated heterocycles. The Morgan fingerprint density at radius 1 is 1.52 bits per heavy atom. The van der Waals surface area contributed by atoms with Gasteiger partial charge < -0.3 is 10.1 Å². The quantitative estimate of drug-likeness (QED) is 0.925. The second-order valence-electron chi connectivity index (χ2n) is 6.63. The number of carbonyl (C=O) groups excluding carboxylic acids is 1. The van der Waals surface area contributed by atoms with Gasteiger partial charge in [0.2, 0.25) is 0 Å². The molecule has 1 unspecified atom stereocenters. The third kappa shape index (κ3) is 5.71. The number of aromatic nitrogens is 1. The minimum atomic E-state index is -0.438. The maximum atomic E-state index is 11.6. The number of rotatable bonds is 4. The summed E-state index contributed by atoms with van der Waals surface area (Å²) < 4.78 is 5.25. The smallest absolute Gasteiger partial charge is 0.407 e. The van der Waals surface area contributed by atoms with Gasteiger partial charge in [0, 0.05) is 32.0 Å². The van der Waals surface area contributed by atoms with Crippen molar-refractivity contribution in [2.24, 2.45) is 5.92 Å². The fourth-order valence-electron chi connectivity index (χ4n) is 2.51. The zero-order chi connectivity index (χ0) is 15.3. The van der Waals surface area contributed by atoms with E-state index in [4.69, 9.17) is 4.74 Å². The second kappa shape index (κ2) is 6.89. The molecule has 0 spiro atoms. The highest BCUT2D eigenvalue weighted by molar-refractivity contribution is 5.67. The van der Waals surface area contributed by atoms with Gasteiger partial charge in [-0.25, -0.2) is 4.79 Å². The molecule has 1 aromatic rings. The minimum Gasteiger partial charge on any atom is -0.444 e. The van der Waals surface area contributed by atoms with Gasteiger partial charge in [-0.05, 0) is 51.3 Å². The fourth-order valence-corrected chi connectivity index (χ4v) is 2.51. The van der Waals surface area contributed by atoms with Crippen molar-refractivity contribution in [3.63, 3.8) is 0 Å². The zero-order valence-corrected chi connectivity index (χ0v) is 13.1. The SMILES string of the molecule is CC(C)(C)OC(=O)NCC1CCN(Cc2cccnc2)C1. The Hall–Kier alpha value is -1.62. The number of nitrogens with one attached hydrogen (secondary N) is 1. The van der Waals surface area contributed by atoms with Crippen LogP contribution in [0.3, 0.4) is 0 Å². The predicted octanol–water partition coefficient (Wildman–Crippen LogP) is 2.43. The molecule has 1 atom stereocenters. The Morgan fingerprint density at radius 3 is 3.00 bits per heavy atom. The largest absolute Gasteiger partial charge is 0.444 e. The molecule has 1 aromatic heterocycles. The maximum Gasteiger partial charge on any atom is 0.407 e. The highest BCUT2D eigenvalue weighted by atomic mass is 16.6. The number of amides is 1. The molecule has 0 bridgehead atoms. The Labute approximate surface area is 126 Å². The molecule has 0 radical (unpaired) electrons. The number of nitrogens with zero attached hydrogens (tertiary/aromatic N) is 2. The third-order valence-electron chi connectivity index (χ3n) is 3.43. The molecule has 5 heteroatoms. The lowest BCUT2D eigenvalue weighted by Gasteiger charge is -2.21. The van der Waals surface area contributed by atoms with Crippen LogP contribution in [0.1, 0.15) is 32.8 Å². The summed E-state index contributed by atoms with van der Waals surface area (Å²) in [5.74, 6) is 0.495. The second-order valence-corrected chi connectivity index (χ2v) is 6.63. The average Bonchev–Trinajstić information content (AvgIpc) is 2.83. The topological polar surface area (TPSA) is 54.5 Å². The lowest BCUT2D eigenvalue weighted by Crippen LogP contribution is -2.35. The van der Waals surface area contributed by atoms with Crippen molar-refractivity contribution in [2.45, 2.75) is 39.3 Å². The fraction of sp³-hybridized carbons (Fsp3) is 0.625. The van der Waals surface area contributed by atoms with Crippen molar-refractivity contribution in [2.75, 3.05) is 19.6 Å². The van der Waals surface area contributed by atoms with Crippen LogP contribution in [0.15, 0.2) is 24.5 Å². The maximum absolute atomic E-state index is 11.6. The van der Waals surface area contributed by atoms with Crippen LogP contribution in [0.4, 0.5) is 4.79 Å². The third-order valence-corrected chi connectivity index (χ3v) is 3.43. The molecule has 1 amide bonds.